The number of ether oxygens (including phenoxy) is 1. The van der Waals surface area contributed by atoms with Gasteiger partial charge in [0.2, 0.25) is 0 Å². The van der Waals surface area contributed by atoms with Crippen LogP contribution >= 0.6 is 0 Å². The lowest BCUT2D eigenvalue weighted by molar-refractivity contribution is -0.121. The maximum atomic E-state index is 12.8. The minimum atomic E-state index is -0.638. The monoisotopic (exact) mass is 299 g/mol. The largest absolute Gasteiger partial charge is 0.452 e. The van der Waals surface area contributed by atoms with Gasteiger partial charge in [-0.15, -0.1) is 0 Å². The van der Waals surface area contributed by atoms with Crippen LogP contribution in [-0.2, 0) is 16.0 Å². The molecule has 1 heterocycles. The van der Waals surface area contributed by atoms with Crippen molar-refractivity contribution in [2.45, 2.75) is 6.42 Å². The van der Waals surface area contributed by atoms with Crippen LogP contribution in [0.5, 0.6) is 0 Å². The minimum absolute atomic E-state index is 0.219. The summed E-state index contributed by atoms with van der Waals surface area (Å²) in [5.41, 5.74) is 2.20. The van der Waals surface area contributed by atoms with E-state index in [1.807, 2.05) is 24.3 Å². The molecule has 0 aromatic heterocycles. The van der Waals surface area contributed by atoms with E-state index in [9.17, 15) is 14.0 Å². The first-order chi connectivity index (χ1) is 10.6. The summed E-state index contributed by atoms with van der Waals surface area (Å²) in [6.45, 7) is 0.261. The number of anilines is 1. The van der Waals surface area contributed by atoms with E-state index in [2.05, 4.69) is 0 Å². The third-order valence-electron chi connectivity index (χ3n) is 3.59. The number of hydrogen-bond donors (Lipinski definition) is 0. The number of esters is 1. The molecule has 0 fully saturated rings. The first-order valence-electron chi connectivity index (χ1n) is 6.96. The fourth-order valence-electron chi connectivity index (χ4n) is 2.47. The molecule has 2 aromatic carbocycles. The van der Waals surface area contributed by atoms with E-state index in [1.165, 1.54) is 24.3 Å². The second-order valence-corrected chi connectivity index (χ2v) is 5.01. The summed E-state index contributed by atoms with van der Waals surface area (Å²) in [4.78, 5) is 25.6. The van der Waals surface area contributed by atoms with Crippen LogP contribution in [0, 0.1) is 5.82 Å². The fraction of sp³-hybridized carbons (Fsp3) is 0.176. The Balaban J connectivity index is 1.61. The fourth-order valence-corrected chi connectivity index (χ4v) is 2.47. The average Bonchev–Trinajstić information content (AvgIpc) is 2.97. The Bertz CT molecular complexity index is 712. The second kappa shape index (κ2) is 5.97. The molecular formula is C17H14FNO3. The lowest BCUT2D eigenvalue weighted by Gasteiger charge is -2.17. The smallest absolute Gasteiger partial charge is 0.338 e. The highest BCUT2D eigenvalue weighted by molar-refractivity contribution is 5.98. The van der Waals surface area contributed by atoms with Crippen LogP contribution in [0.4, 0.5) is 10.1 Å². The molecule has 2 aromatic rings. The molecule has 4 nitrogen and oxygen atoms in total. The standard InChI is InChI=1S/C17H14FNO3/c18-14-7-5-13(6-8-14)17(21)22-11-16(20)19-10-9-12-3-1-2-4-15(12)19/h1-8H,9-11H2. The van der Waals surface area contributed by atoms with Crippen molar-refractivity contribution in [2.24, 2.45) is 0 Å². The molecular weight excluding hydrogens is 285 g/mol. The van der Waals surface area contributed by atoms with Gasteiger partial charge in [-0.05, 0) is 42.3 Å². The first-order valence-corrected chi connectivity index (χ1v) is 6.96. The molecule has 1 aliphatic heterocycles. The molecule has 0 unspecified atom stereocenters. The van der Waals surface area contributed by atoms with Crippen molar-refractivity contribution in [2.75, 3.05) is 18.1 Å². The number of benzene rings is 2. The lowest BCUT2D eigenvalue weighted by atomic mass is 10.2. The number of amides is 1. The quantitative estimate of drug-likeness (QED) is 0.818. The Morgan fingerprint density at radius 1 is 1.09 bits per heavy atom. The van der Waals surface area contributed by atoms with E-state index in [4.69, 9.17) is 4.74 Å². The zero-order chi connectivity index (χ0) is 15.5. The van der Waals surface area contributed by atoms with E-state index >= 15 is 0 Å². The topological polar surface area (TPSA) is 46.6 Å². The van der Waals surface area contributed by atoms with Gasteiger partial charge in [0.25, 0.3) is 5.91 Å². The van der Waals surface area contributed by atoms with Crippen molar-refractivity contribution in [1.29, 1.82) is 0 Å². The van der Waals surface area contributed by atoms with Gasteiger partial charge >= 0.3 is 5.97 Å². The predicted molar refractivity (Wildman–Crippen MR) is 79.2 cm³/mol. The summed E-state index contributed by atoms with van der Waals surface area (Å²) < 4.78 is 17.8. The van der Waals surface area contributed by atoms with Crippen molar-refractivity contribution in [3.05, 3.63) is 65.5 Å². The summed E-state index contributed by atoms with van der Waals surface area (Å²) in [7, 11) is 0. The highest BCUT2D eigenvalue weighted by Crippen LogP contribution is 2.27. The molecule has 0 saturated heterocycles. The Hall–Kier alpha value is -2.69. The van der Waals surface area contributed by atoms with Crippen LogP contribution < -0.4 is 4.90 Å². The van der Waals surface area contributed by atoms with Gasteiger partial charge in [-0.1, -0.05) is 18.2 Å². The van der Waals surface area contributed by atoms with Crippen molar-refractivity contribution >= 4 is 17.6 Å². The predicted octanol–water partition coefficient (Wildman–Crippen LogP) is 2.57. The first kappa shape index (κ1) is 14.3. The molecule has 1 amide bonds. The van der Waals surface area contributed by atoms with Gasteiger partial charge in [-0.2, -0.15) is 0 Å². The summed E-state index contributed by atoms with van der Waals surface area (Å²) in [6.07, 6.45) is 0.799. The number of para-hydroxylation sites is 1. The van der Waals surface area contributed by atoms with Crippen molar-refractivity contribution in [3.8, 4) is 0 Å². The van der Waals surface area contributed by atoms with Gasteiger partial charge < -0.3 is 9.64 Å². The minimum Gasteiger partial charge on any atom is -0.452 e. The maximum absolute atomic E-state index is 12.8. The molecule has 0 radical (unpaired) electrons. The SMILES string of the molecule is O=C(OCC(=O)N1CCc2ccccc21)c1ccc(F)cc1. The van der Waals surface area contributed by atoms with E-state index in [-0.39, 0.29) is 18.1 Å². The van der Waals surface area contributed by atoms with Crippen LogP contribution in [0.3, 0.4) is 0 Å². The molecule has 0 atom stereocenters. The van der Waals surface area contributed by atoms with Crippen LogP contribution in [0.2, 0.25) is 0 Å². The molecule has 22 heavy (non-hydrogen) atoms. The van der Waals surface area contributed by atoms with Crippen LogP contribution in [-0.4, -0.2) is 25.0 Å². The van der Waals surface area contributed by atoms with E-state index in [1.54, 1.807) is 4.90 Å². The molecule has 5 heteroatoms. The number of hydrogen-bond acceptors (Lipinski definition) is 3. The van der Waals surface area contributed by atoms with Gasteiger partial charge in [0.15, 0.2) is 6.61 Å². The molecule has 0 aliphatic carbocycles. The number of halogens is 1. The van der Waals surface area contributed by atoms with Crippen molar-refractivity contribution in [3.63, 3.8) is 0 Å². The third kappa shape index (κ3) is 2.83. The van der Waals surface area contributed by atoms with Gasteiger partial charge in [0.1, 0.15) is 5.82 Å². The summed E-state index contributed by atoms with van der Waals surface area (Å²) in [5, 5.41) is 0. The van der Waals surface area contributed by atoms with E-state index in [0.717, 1.165) is 17.7 Å². The van der Waals surface area contributed by atoms with E-state index < -0.39 is 11.8 Å². The van der Waals surface area contributed by atoms with Crippen molar-refractivity contribution in [1.82, 2.24) is 0 Å². The third-order valence-corrected chi connectivity index (χ3v) is 3.59. The highest BCUT2D eigenvalue weighted by Gasteiger charge is 2.24. The number of carbonyl (C=O) groups excluding carboxylic acids is 2. The highest BCUT2D eigenvalue weighted by atomic mass is 19.1. The number of carbonyl (C=O) groups is 2. The Kier molecular flexibility index (Phi) is 3.87. The zero-order valence-electron chi connectivity index (χ0n) is 11.8. The number of fused-ring (bicyclic) bond motifs is 1. The molecule has 0 N–H and O–H groups in total. The Morgan fingerprint density at radius 2 is 1.82 bits per heavy atom. The summed E-state index contributed by atoms with van der Waals surface area (Å²) in [6, 6.07) is 12.7. The van der Waals surface area contributed by atoms with Crippen molar-refractivity contribution < 1.29 is 18.7 Å². The number of rotatable bonds is 3. The normalized spacial score (nSPS) is 12.9. The van der Waals surface area contributed by atoms with Crippen LogP contribution in [0.25, 0.3) is 0 Å². The maximum Gasteiger partial charge on any atom is 0.338 e. The van der Waals surface area contributed by atoms with Crippen LogP contribution in [0.15, 0.2) is 48.5 Å². The van der Waals surface area contributed by atoms with Crippen LogP contribution in [0.1, 0.15) is 15.9 Å². The molecule has 0 saturated carbocycles. The second-order valence-electron chi connectivity index (χ2n) is 5.01. The van der Waals surface area contributed by atoms with Gasteiger partial charge in [-0.25, -0.2) is 9.18 Å². The van der Waals surface area contributed by atoms with Gasteiger partial charge in [0, 0.05) is 12.2 Å². The molecule has 1 aliphatic rings. The van der Waals surface area contributed by atoms with E-state index in [0.29, 0.717) is 6.54 Å². The number of nitrogens with zero attached hydrogens (tertiary/aromatic N) is 1. The van der Waals surface area contributed by atoms with Gasteiger partial charge in [0.05, 0.1) is 5.56 Å². The van der Waals surface area contributed by atoms with Gasteiger partial charge in [-0.3, -0.25) is 4.79 Å². The summed E-state index contributed by atoms with van der Waals surface area (Å²) >= 11 is 0. The Labute approximate surface area is 127 Å². The molecule has 112 valence electrons. The summed E-state index contributed by atoms with van der Waals surface area (Å²) in [5.74, 6) is -1.33. The molecule has 3 rings (SSSR count). The molecule has 0 bridgehead atoms. The molecule has 0 spiro atoms. The zero-order valence-corrected chi connectivity index (χ0v) is 11.8. The average molecular weight is 299 g/mol. The Morgan fingerprint density at radius 3 is 2.59 bits per heavy atom. The lowest BCUT2D eigenvalue weighted by Crippen LogP contribution is -2.33.